The Kier molecular flexibility index (Phi) is 6.24. The monoisotopic (exact) mass is 449 g/mol. The number of aliphatic carboxylic acids is 1. The molecule has 3 aromatic rings. The van der Waals surface area contributed by atoms with E-state index in [1.807, 2.05) is 62.4 Å². The molecule has 4 rings (SSSR count). The van der Waals surface area contributed by atoms with E-state index in [4.69, 9.17) is 16.7 Å². The van der Waals surface area contributed by atoms with Gasteiger partial charge in [-0.05, 0) is 43.0 Å². The van der Waals surface area contributed by atoms with Gasteiger partial charge in [0.1, 0.15) is 5.15 Å². The number of fused-ring (bicyclic) bond motifs is 1. The molecule has 1 aliphatic rings. The molecule has 0 fully saturated rings. The van der Waals surface area contributed by atoms with Gasteiger partial charge in [-0.2, -0.15) is 5.10 Å². The predicted molar refractivity (Wildman–Crippen MR) is 125 cm³/mol. The van der Waals surface area contributed by atoms with Crippen LogP contribution in [0.2, 0.25) is 5.15 Å². The number of carbonyl (C=O) groups excluding carboxylic acids is 1. The highest BCUT2D eigenvalue weighted by Crippen LogP contribution is 2.29. The van der Waals surface area contributed by atoms with E-state index < -0.39 is 5.97 Å². The van der Waals surface area contributed by atoms with E-state index in [0.29, 0.717) is 18.0 Å². The standard InChI is InChI=1S/C25H24ClN3O3/c1-15-6-8-17(9-7-15)21-14-20(29(28-21)22(30)10-11-23(31)32)13-19-12-18-5-3-4-16(2)24(18)27-25(19)26/h3-9,12,20H,10-11,13-14H2,1-2H3,(H,31,32). The van der Waals surface area contributed by atoms with Gasteiger partial charge in [-0.1, -0.05) is 59.6 Å². The van der Waals surface area contributed by atoms with Crippen molar-refractivity contribution in [3.8, 4) is 0 Å². The lowest BCUT2D eigenvalue weighted by atomic mass is 9.97. The second-order valence-corrected chi connectivity index (χ2v) is 8.55. The normalized spacial score (nSPS) is 15.8. The fourth-order valence-electron chi connectivity index (χ4n) is 4.00. The molecule has 1 aliphatic heterocycles. The van der Waals surface area contributed by atoms with Crippen LogP contribution in [0.15, 0.2) is 53.6 Å². The highest BCUT2D eigenvalue weighted by molar-refractivity contribution is 6.30. The Morgan fingerprint density at radius 1 is 1.12 bits per heavy atom. The molecule has 0 saturated heterocycles. The first-order chi connectivity index (χ1) is 15.3. The first-order valence-electron chi connectivity index (χ1n) is 10.5. The second-order valence-electron chi connectivity index (χ2n) is 8.19. The zero-order valence-corrected chi connectivity index (χ0v) is 18.8. The molecule has 0 aliphatic carbocycles. The van der Waals surface area contributed by atoms with E-state index in [9.17, 15) is 9.59 Å². The third kappa shape index (κ3) is 4.65. The van der Waals surface area contributed by atoms with Crippen LogP contribution in [0.3, 0.4) is 0 Å². The summed E-state index contributed by atoms with van der Waals surface area (Å²) in [5.41, 5.74) is 5.64. The number of carboxylic acid groups (broad SMARTS) is 1. The lowest BCUT2D eigenvalue weighted by Gasteiger charge is -2.22. The minimum Gasteiger partial charge on any atom is -0.481 e. The van der Waals surface area contributed by atoms with Crippen LogP contribution in [-0.2, 0) is 16.0 Å². The first-order valence-corrected chi connectivity index (χ1v) is 10.9. The molecule has 1 unspecified atom stereocenters. The number of rotatable bonds is 6. The number of nitrogens with zero attached hydrogens (tertiary/aromatic N) is 3. The van der Waals surface area contributed by atoms with Gasteiger partial charge in [0, 0.05) is 18.2 Å². The van der Waals surface area contributed by atoms with Crippen molar-refractivity contribution < 1.29 is 14.7 Å². The molecule has 164 valence electrons. The highest BCUT2D eigenvalue weighted by Gasteiger charge is 2.32. The molecular weight excluding hydrogens is 426 g/mol. The summed E-state index contributed by atoms with van der Waals surface area (Å²) in [6, 6.07) is 15.7. The third-order valence-electron chi connectivity index (χ3n) is 5.73. The molecule has 1 amide bonds. The Balaban J connectivity index is 1.64. The summed E-state index contributed by atoms with van der Waals surface area (Å²) in [6.07, 6.45) is 0.714. The van der Waals surface area contributed by atoms with Crippen LogP contribution in [0, 0.1) is 13.8 Å². The SMILES string of the molecule is Cc1ccc(C2=NN(C(=O)CCC(=O)O)C(Cc3cc4cccc(C)c4nc3Cl)C2)cc1. The van der Waals surface area contributed by atoms with Gasteiger partial charge in [0.05, 0.1) is 23.7 Å². The number of hydrazone groups is 1. The van der Waals surface area contributed by atoms with E-state index >= 15 is 0 Å². The maximum Gasteiger partial charge on any atom is 0.303 e. The van der Waals surface area contributed by atoms with E-state index in [0.717, 1.165) is 38.9 Å². The van der Waals surface area contributed by atoms with E-state index in [2.05, 4.69) is 10.1 Å². The fraction of sp³-hybridized carbons (Fsp3) is 0.280. The van der Waals surface area contributed by atoms with Gasteiger partial charge in [0.2, 0.25) is 5.91 Å². The number of pyridine rings is 1. The van der Waals surface area contributed by atoms with Gasteiger partial charge in [-0.25, -0.2) is 9.99 Å². The topological polar surface area (TPSA) is 82.9 Å². The molecule has 2 heterocycles. The molecule has 6 nitrogen and oxygen atoms in total. The zero-order valence-electron chi connectivity index (χ0n) is 18.0. The number of aromatic nitrogens is 1. The number of carbonyl (C=O) groups is 2. The van der Waals surface area contributed by atoms with Crippen LogP contribution in [0.5, 0.6) is 0 Å². The minimum atomic E-state index is -1.01. The molecule has 1 aromatic heterocycles. The van der Waals surface area contributed by atoms with Crippen molar-refractivity contribution in [3.05, 3.63) is 75.9 Å². The molecule has 2 aromatic carbocycles. The predicted octanol–water partition coefficient (Wildman–Crippen LogP) is 4.92. The zero-order chi connectivity index (χ0) is 22.8. The number of para-hydroxylation sites is 1. The molecule has 32 heavy (non-hydrogen) atoms. The summed E-state index contributed by atoms with van der Waals surface area (Å²) in [6.45, 7) is 4.01. The van der Waals surface area contributed by atoms with Crippen LogP contribution in [0.4, 0.5) is 0 Å². The number of hydrogen-bond acceptors (Lipinski definition) is 4. The van der Waals surface area contributed by atoms with Crippen molar-refractivity contribution in [2.75, 3.05) is 0 Å². The maximum absolute atomic E-state index is 12.8. The molecule has 7 heteroatoms. The fourth-order valence-corrected chi connectivity index (χ4v) is 4.21. The van der Waals surface area contributed by atoms with E-state index in [-0.39, 0.29) is 24.8 Å². The van der Waals surface area contributed by atoms with Crippen LogP contribution in [-0.4, -0.2) is 38.7 Å². The van der Waals surface area contributed by atoms with Gasteiger partial charge in [-0.3, -0.25) is 9.59 Å². The molecule has 0 bridgehead atoms. The van der Waals surface area contributed by atoms with Crippen molar-refractivity contribution in [1.29, 1.82) is 0 Å². The number of amides is 1. The summed E-state index contributed by atoms with van der Waals surface area (Å²) in [4.78, 5) is 28.4. The lowest BCUT2D eigenvalue weighted by molar-refractivity contribution is -0.141. The second kappa shape index (κ2) is 9.09. The van der Waals surface area contributed by atoms with Crippen molar-refractivity contribution in [2.24, 2.45) is 5.10 Å². The van der Waals surface area contributed by atoms with Crippen molar-refractivity contribution in [1.82, 2.24) is 9.99 Å². The molecule has 0 saturated carbocycles. The Morgan fingerprint density at radius 2 is 1.88 bits per heavy atom. The Labute approximate surface area is 191 Å². The van der Waals surface area contributed by atoms with Crippen LogP contribution in [0.25, 0.3) is 10.9 Å². The Bertz CT molecular complexity index is 1220. The maximum atomic E-state index is 12.8. The lowest BCUT2D eigenvalue weighted by Crippen LogP contribution is -2.34. The quantitative estimate of drug-likeness (QED) is 0.541. The minimum absolute atomic E-state index is 0.0978. The number of hydrogen-bond donors (Lipinski definition) is 1. The summed E-state index contributed by atoms with van der Waals surface area (Å²) < 4.78 is 0. The summed E-state index contributed by atoms with van der Waals surface area (Å²) >= 11 is 6.52. The van der Waals surface area contributed by atoms with Gasteiger partial charge in [-0.15, -0.1) is 0 Å². The van der Waals surface area contributed by atoms with E-state index in [1.54, 1.807) is 0 Å². The van der Waals surface area contributed by atoms with Crippen molar-refractivity contribution in [3.63, 3.8) is 0 Å². The molecular formula is C25H24ClN3O3. The average Bonchev–Trinajstić information content (AvgIpc) is 3.17. The smallest absolute Gasteiger partial charge is 0.303 e. The first kappa shape index (κ1) is 22.0. The molecule has 0 spiro atoms. The molecule has 0 radical (unpaired) electrons. The van der Waals surface area contributed by atoms with E-state index in [1.165, 1.54) is 5.01 Å². The van der Waals surface area contributed by atoms with Gasteiger partial charge in [0.15, 0.2) is 0 Å². The molecule has 1 N–H and O–H groups in total. The largest absolute Gasteiger partial charge is 0.481 e. The molecule has 1 atom stereocenters. The highest BCUT2D eigenvalue weighted by atomic mass is 35.5. The Hall–Kier alpha value is -3.25. The summed E-state index contributed by atoms with van der Waals surface area (Å²) in [5.74, 6) is -1.31. The van der Waals surface area contributed by atoms with Gasteiger partial charge >= 0.3 is 5.97 Å². The number of benzene rings is 2. The number of halogens is 1. The summed E-state index contributed by atoms with van der Waals surface area (Å²) in [5, 5.41) is 16.4. The van der Waals surface area contributed by atoms with Crippen molar-refractivity contribution in [2.45, 2.75) is 45.6 Å². The third-order valence-corrected chi connectivity index (χ3v) is 6.05. The van der Waals surface area contributed by atoms with Crippen molar-refractivity contribution >= 4 is 40.1 Å². The van der Waals surface area contributed by atoms with Crippen LogP contribution < -0.4 is 0 Å². The van der Waals surface area contributed by atoms with Gasteiger partial charge in [0.25, 0.3) is 0 Å². The van der Waals surface area contributed by atoms with Gasteiger partial charge < -0.3 is 5.11 Å². The van der Waals surface area contributed by atoms with Crippen LogP contribution in [0.1, 0.15) is 41.5 Å². The Morgan fingerprint density at radius 3 is 2.59 bits per heavy atom. The number of carboxylic acids is 1. The number of aryl methyl sites for hydroxylation is 2. The average molecular weight is 450 g/mol. The summed E-state index contributed by atoms with van der Waals surface area (Å²) in [7, 11) is 0. The van der Waals surface area contributed by atoms with Crippen LogP contribution >= 0.6 is 11.6 Å².